The molecule has 9 aromatic carbocycles. The Balaban J connectivity index is 1.12. The molecule has 2 aliphatic rings. The number of rotatable bonds is 3. The van der Waals surface area contributed by atoms with E-state index >= 15 is 0 Å². The van der Waals surface area contributed by atoms with Crippen LogP contribution in [0, 0.1) is 0 Å². The fourth-order valence-corrected chi connectivity index (χ4v) is 10.5. The highest BCUT2D eigenvalue weighted by Crippen LogP contribution is 2.55. The molecule has 0 radical (unpaired) electrons. The van der Waals surface area contributed by atoms with Crippen molar-refractivity contribution < 1.29 is 4.42 Å². The third-order valence-electron chi connectivity index (χ3n) is 13.2. The van der Waals surface area contributed by atoms with Gasteiger partial charge < -0.3 is 9.32 Å². The Bertz CT molecular complexity index is 3290. The number of benzene rings is 9. The van der Waals surface area contributed by atoms with Gasteiger partial charge in [0.1, 0.15) is 11.2 Å². The van der Waals surface area contributed by atoms with Crippen LogP contribution >= 0.6 is 0 Å². The molecule has 0 atom stereocenters. The van der Waals surface area contributed by atoms with Crippen LogP contribution in [-0.4, -0.2) is 0 Å². The van der Waals surface area contributed by atoms with E-state index in [2.05, 4.69) is 196 Å². The highest BCUT2D eigenvalue weighted by molar-refractivity contribution is 6.26. The molecule has 0 unspecified atom stereocenters. The molecule has 0 bridgehead atoms. The lowest BCUT2D eigenvalue weighted by Gasteiger charge is -2.29. The Kier molecular flexibility index (Phi) is 6.22. The summed E-state index contributed by atoms with van der Waals surface area (Å²) in [6.45, 7) is 9.46. The van der Waals surface area contributed by atoms with Gasteiger partial charge in [-0.05, 0) is 125 Å². The van der Waals surface area contributed by atoms with E-state index in [9.17, 15) is 0 Å². The summed E-state index contributed by atoms with van der Waals surface area (Å²) in [5.74, 6) is 0. The molecule has 0 aliphatic heterocycles. The molecule has 0 fully saturated rings. The lowest BCUT2D eigenvalue weighted by atomic mass is 9.82. The summed E-state index contributed by atoms with van der Waals surface area (Å²) < 4.78 is 6.40. The minimum Gasteiger partial charge on any atom is -0.456 e. The quantitative estimate of drug-likeness (QED) is 0.169. The number of nitrogens with zero attached hydrogens (tertiary/aromatic N) is 1. The van der Waals surface area contributed by atoms with Gasteiger partial charge in [-0.25, -0.2) is 0 Å². The minimum absolute atomic E-state index is 0.0653. The van der Waals surface area contributed by atoms with Crippen molar-refractivity contribution >= 4 is 71.3 Å². The van der Waals surface area contributed by atoms with Crippen LogP contribution in [0.25, 0.3) is 76.5 Å². The topological polar surface area (TPSA) is 16.4 Å². The van der Waals surface area contributed by atoms with Crippen molar-refractivity contribution in [2.24, 2.45) is 0 Å². The van der Waals surface area contributed by atoms with E-state index in [1.165, 1.54) is 87.6 Å². The Morgan fingerprint density at radius 2 is 0.893 bits per heavy atom. The predicted molar refractivity (Wildman–Crippen MR) is 236 cm³/mol. The van der Waals surface area contributed by atoms with E-state index < -0.39 is 0 Å². The van der Waals surface area contributed by atoms with E-state index in [1.54, 1.807) is 0 Å². The van der Waals surface area contributed by atoms with Crippen molar-refractivity contribution in [3.63, 3.8) is 0 Å². The zero-order chi connectivity index (χ0) is 37.5. The van der Waals surface area contributed by atoms with Crippen LogP contribution in [0.4, 0.5) is 17.1 Å². The number of anilines is 3. The zero-order valence-electron chi connectivity index (χ0n) is 31.9. The van der Waals surface area contributed by atoms with Crippen molar-refractivity contribution in [2.45, 2.75) is 38.5 Å². The van der Waals surface area contributed by atoms with Gasteiger partial charge in [-0.3, -0.25) is 0 Å². The van der Waals surface area contributed by atoms with Crippen LogP contribution in [0.5, 0.6) is 0 Å². The lowest BCUT2D eigenvalue weighted by Crippen LogP contribution is -2.17. The molecule has 266 valence electrons. The molecule has 10 aromatic rings. The van der Waals surface area contributed by atoms with Crippen molar-refractivity contribution in [2.75, 3.05) is 4.90 Å². The minimum atomic E-state index is -0.210. The van der Waals surface area contributed by atoms with Crippen LogP contribution in [0.2, 0.25) is 0 Å². The summed E-state index contributed by atoms with van der Waals surface area (Å²) >= 11 is 0. The summed E-state index contributed by atoms with van der Waals surface area (Å²) in [6, 6.07) is 60.9. The van der Waals surface area contributed by atoms with Crippen LogP contribution in [0.15, 0.2) is 168 Å². The average molecular weight is 718 g/mol. The predicted octanol–water partition coefficient (Wildman–Crippen LogP) is 15.1. The SMILES string of the molecule is CC1(C)c2ccccc2-c2cc(N(c3ccc4c(c3)C(C)(C)c3ccc5oc6ccccc6c5c3-4)c3ccc4c5ccccc5c5ccccc5c4c3)ccc21. The number of fused-ring (bicyclic) bond motifs is 16. The maximum Gasteiger partial charge on any atom is 0.136 e. The molecule has 1 aromatic heterocycles. The van der Waals surface area contributed by atoms with Crippen LogP contribution in [0.1, 0.15) is 49.9 Å². The molecule has 2 aliphatic carbocycles. The second kappa shape index (κ2) is 11.0. The first-order valence-electron chi connectivity index (χ1n) is 19.8. The third kappa shape index (κ3) is 4.11. The monoisotopic (exact) mass is 717 g/mol. The maximum atomic E-state index is 6.40. The molecular formula is C54H39NO. The van der Waals surface area contributed by atoms with Gasteiger partial charge in [-0.1, -0.05) is 143 Å². The average Bonchev–Trinajstić information content (AvgIpc) is 3.80. The first kappa shape index (κ1) is 31.7. The normalized spacial score (nSPS) is 14.7. The molecule has 0 N–H and O–H groups in total. The zero-order valence-corrected chi connectivity index (χ0v) is 31.9. The largest absolute Gasteiger partial charge is 0.456 e. The van der Waals surface area contributed by atoms with Gasteiger partial charge >= 0.3 is 0 Å². The molecule has 2 heteroatoms. The summed E-state index contributed by atoms with van der Waals surface area (Å²) in [4.78, 5) is 2.49. The van der Waals surface area contributed by atoms with Gasteiger partial charge in [-0.2, -0.15) is 0 Å². The van der Waals surface area contributed by atoms with Gasteiger partial charge in [0.15, 0.2) is 0 Å². The van der Waals surface area contributed by atoms with E-state index in [-0.39, 0.29) is 10.8 Å². The summed E-state index contributed by atoms with van der Waals surface area (Å²) in [6.07, 6.45) is 0. The summed E-state index contributed by atoms with van der Waals surface area (Å²) in [5.41, 5.74) is 15.7. The first-order valence-corrected chi connectivity index (χ1v) is 19.8. The molecule has 0 amide bonds. The van der Waals surface area contributed by atoms with E-state index in [0.29, 0.717) is 0 Å². The Morgan fingerprint density at radius 3 is 1.66 bits per heavy atom. The molecule has 2 nitrogen and oxygen atoms in total. The standard InChI is InChI=1S/C54H39NO/c1-53(2)45-19-11-9-17-40(45)44-30-33(23-26-46(44)53)55(32-21-24-39-37-15-6-5-13-35(37)36-14-7-8-16-38(36)43(39)29-32)34-22-25-41-48(31-34)54(3,4)47-27-28-50-52(51(41)47)42-18-10-12-20-49(42)56-50/h5-31H,1-4H3. The van der Waals surface area contributed by atoms with Crippen LogP contribution < -0.4 is 4.90 Å². The molecule has 1 heterocycles. The second-order valence-corrected chi connectivity index (χ2v) is 16.9. The third-order valence-corrected chi connectivity index (χ3v) is 13.2. The van der Waals surface area contributed by atoms with Crippen LogP contribution in [0.3, 0.4) is 0 Å². The molecule has 0 saturated heterocycles. The van der Waals surface area contributed by atoms with Gasteiger partial charge in [0.2, 0.25) is 0 Å². The molecule has 12 rings (SSSR count). The van der Waals surface area contributed by atoms with Crippen molar-refractivity contribution in [1.82, 2.24) is 0 Å². The van der Waals surface area contributed by atoms with Gasteiger partial charge in [-0.15, -0.1) is 0 Å². The maximum absolute atomic E-state index is 6.40. The highest BCUT2D eigenvalue weighted by Gasteiger charge is 2.39. The lowest BCUT2D eigenvalue weighted by molar-refractivity contribution is 0.656. The molecule has 0 saturated carbocycles. The van der Waals surface area contributed by atoms with Gasteiger partial charge in [0, 0.05) is 38.7 Å². The molecular weight excluding hydrogens is 679 g/mol. The number of hydrogen-bond acceptors (Lipinski definition) is 2. The Labute approximate surface area is 326 Å². The van der Waals surface area contributed by atoms with Gasteiger partial charge in [0.25, 0.3) is 0 Å². The van der Waals surface area contributed by atoms with Gasteiger partial charge in [0.05, 0.1) is 0 Å². The van der Waals surface area contributed by atoms with E-state index in [1.807, 2.05) is 0 Å². The Hall–Kier alpha value is -6.64. The van der Waals surface area contributed by atoms with Crippen LogP contribution in [-0.2, 0) is 10.8 Å². The molecule has 0 spiro atoms. The number of para-hydroxylation sites is 1. The summed E-state index contributed by atoms with van der Waals surface area (Å²) in [7, 11) is 0. The van der Waals surface area contributed by atoms with E-state index in [0.717, 1.165) is 28.2 Å². The summed E-state index contributed by atoms with van der Waals surface area (Å²) in [5, 5.41) is 10.0. The van der Waals surface area contributed by atoms with E-state index in [4.69, 9.17) is 4.42 Å². The fourth-order valence-electron chi connectivity index (χ4n) is 10.5. The molecule has 56 heavy (non-hydrogen) atoms. The van der Waals surface area contributed by atoms with Crippen molar-refractivity contribution in [1.29, 1.82) is 0 Å². The number of furan rings is 1. The Morgan fingerprint density at radius 1 is 0.357 bits per heavy atom. The highest BCUT2D eigenvalue weighted by atomic mass is 16.3. The fraction of sp³-hybridized carbons (Fsp3) is 0.111. The number of hydrogen-bond donors (Lipinski definition) is 0. The smallest absolute Gasteiger partial charge is 0.136 e. The van der Waals surface area contributed by atoms with Crippen molar-refractivity contribution in [3.05, 3.63) is 186 Å². The second-order valence-electron chi connectivity index (χ2n) is 16.9. The first-order chi connectivity index (χ1) is 27.3. The van der Waals surface area contributed by atoms with Crippen molar-refractivity contribution in [3.8, 4) is 22.3 Å².